The van der Waals surface area contributed by atoms with Crippen LogP contribution in [0.15, 0.2) is 4.99 Å². The van der Waals surface area contributed by atoms with Gasteiger partial charge in [0.2, 0.25) is 0 Å². The number of aliphatic imine (C=N–C) groups is 1. The van der Waals surface area contributed by atoms with Crippen LogP contribution in [0.4, 0.5) is 9.59 Å². The minimum Gasteiger partial charge on any atom is -0.447 e. The molecule has 0 saturated heterocycles. The molecule has 0 spiro atoms. The summed E-state index contributed by atoms with van der Waals surface area (Å²) >= 11 is 1.62. The highest BCUT2D eigenvalue weighted by molar-refractivity contribution is 8.13. The van der Waals surface area contributed by atoms with Crippen molar-refractivity contribution < 1.29 is 19.1 Å². The van der Waals surface area contributed by atoms with E-state index in [0.29, 0.717) is 5.92 Å². The molecule has 0 bridgehead atoms. The van der Waals surface area contributed by atoms with Crippen molar-refractivity contribution in [2.24, 2.45) is 10.9 Å². The zero-order chi connectivity index (χ0) is 19.7. The van der Waals surface area contributed by atoms with Crippen LogP contribution in [0.5, 0.6) is 0 Å². The lowest BCUT2D eigenvalue weighted by Gasteiger charge is -2.29. The standard InChI is InChI=1S/C18H33N3O4S/c1-11(2)24-17(22)20-13(5)19-16(26-6)14-7-9-15(10-8-14)21-18(23)25-12(3)4/h11-15H,7-10H2,1-6H3,(H,20,22)(H,21,23). The van der Waals surface area contributed by atoms with E-state index in [1.54, 1.807) is 11.8 Å². The van der Waals surface area contributed by atoms with Crippen molar-refractivity contribution in [2.45, 2.75) is 84.7 Å². The lowest BCUT2D eigenvalue weighted by Crippen LogP contribution is -2.40. The number of alkyl carbamates (subject to hydrolysis) is 2. The molecule has 0 aromatic heterocycles. The molecular weight excluding hydrogens is 354 g/mol. The summed E-state index contributed by atoms with van der Waals surface area (Å²) in [5.74, 6) is 0.356. The number of ether oxygens (including phenoxy) is 2. The first kappa shape index (κ1) is 22.6. The molecular formula is C18H33N3O4S. The molecule has 1 saturated carbocycles. The Kier molecular flexibility index (Phi) is 9.83. The molecule has 1 aliphatic rings. The number of rotatable bonds is 6. The van der Waals surface area contributed by atoms with Gasteiger partial charge < -0.3 is 14.8 Å². The molecule has 1 unspecified atom stereocenters. The molecule has 1 fully saturated rings. The minimum absolute atomic E-state index is 0.113. The number of hydrogen-bond donors (Lipinski definition) is 2. The fourth-order valence-corrected chi connectivity index (χ4v) is 3.70. The molecule has 1 atom stereocenters. The molecule has 0 heterocycles. The van der Waals surface area contributed by atoms with Crippen LogP contribution < -0.4 is 10.6 Å². The van der Waals surface area contributed by atoms with Crippen molar-refractivity contribution in [1.29, 1.82) is 0 Å². The van der Waals surface area contributed by atoms with Crippen LogP contribution >= 0.6 is 11.8 Å². The maximum atomic E-state index is 11.7. The Morgan fingerprint density at radius 3 is 2.00 bits per heavy atom. The van der Waals surface area contributed by atoms with Gasteiger partial charge in [-0.05, 0) is 66.6 Å². The van der Waals surface area contributed by atoms with E-state index in [1.807, 2.05) is 40.9 Å². The van der Waals surface area contributed by atoms with Crippen LogP contribution in [0.2, 0.25) is 0 Å². The Hall–Kier alpha value is -1.44. The summed E-state index contributed by atoms with van der Waals surface area (Å²) < 4.78 is 10.2. The molecule has 0 radical (unpaired) electrons. The smallest absolute Gasteiger partial charge is 0.409 e. The fourth-order valence-electron chi connectivity index (χ4n) is 2.87. The van der Waals surface area contributed by atoms with E-state index < -0.39 is 6.09 Å². The van der Waals surface area contributed by atoms with E-state index >= 15 is 0 Å². The largest absolute Gasteiger partial charge is 0.447 e. The normalized spacial score (nSPS) is 22.1. The number of thioether (sulfide) groups is 1. The molecule has 7 nitrogen and oxygen atoms in total. The third-order valence-electron chi connectivity index (χ3n) is 3.94. The molecule has 2 N–H and O–H groups in total. The summed E-state index contributed by atoms with van der Waals surface area (Å²) in [6.45, 7) is 9.13. The predicted octanol–water partition coefficient (Wildman–Crippen LogP) is 3.92. The van der Waals surface area contributed by atoms with Gasteiger partial charge in [0, 0.05) is 12.0 Å². The SMILES string of the molecule is CSC(=NC(C)NC(=O)OC(C)C)C1CCC(NC(=O)OC(C)C)CC1. The zero-order valence-electron chi connectivity index (χ0n) is 16.7. The van der Waals surface area contributed by atoms with Gasteiger partial charge in [0.15, 0.2) is 0 Å². The van der Waals surface area contributed by atoms with Gasteiger partial charge in [0.25, 0.3) is 0 Å². The van der Waals surface area contributed by atoms with Crippen LogP contribution in [-0.2, 0) is 9.47 Å². The molecule has 0 aromatic carbocycles. The fraction of sp³-hybridized carbons (Fsp3) is 0.833. The third kappa shape index (κ3) is 8.78. The lowest BCUT2D eigenvalue weighted by molar-refractivity contribution is 0.109. The van der Waals surface area contributed by atoms with Gasteiger partial charge >= 0.3 is 12.2 Å². The maximum absolute atomic E-state index is 11.7. The average molecular weight is 388 g/mol. The highest BCUT2D eigenvalue weighted by Crippen LogP contribution is 2.29. The number of carbonyl (C=O) groups is 2. The monoisotopic (exact) mass is 387 g/mol. The summed E-state index contributed by atoms with van der Waals surface area (Å²) in [5, 5.41) is 6.70. The van der Waals surface area contributed by atoms with E-state index in [-0.39, 0.29) is 30.5 Å². The van der Waals surface area contributed by atoms with Crippen molar-refractivity contribution in [1.82, 2.24) is 10.6 Å². The van der Waals surface area contributed by atoms with Crippen molar-refractivity contribution in [3.05, 3.63) is 0 Å². The number of hydrogen-bond acceptors (Lipinski definition) is 6. The summed E-state index contributed by atoms with van der Waals surface area (Å²) in [7, 11) is 0. The van der Waals surface area contributed by atoms with E-state index in [2.05, 4.69) is 15.6 Å². The van der Waals surface area contributed by atoms with E-state index in [9.17, 15) is 9.59 Å². The molecule has 1 rings (SSSR count). The Labute approximate surface area is 161 Å². The minimum atomic E-state index is -0.451. The molecule has 150 valence electrons. The van der Waals surface area contributed by atoms with Gasteiger partial charge in [-0.1, -0.05) is 0 Å². The van der Waals surface area contributed by atoms with Gasteiger partial charge in [0.1, 0.15) is 6.17 Å². The molecule has 0 aromatic rings. The third-order valence-corrected chi connectivity index (χ3v) is 4.80. The molecule has 2 amide bonds. The summed E-state index contributed by atoms with van der Waals surface area (Å²) in [6.07, 6.45) is 4.31. The van der Waals surface area contributed by atoms with Crippen molar-refractivity contribution in [3.8, 4) is 0 Å². The highest BCUT2D eigenvalue weighted by atomic mass is 32.2. The topological polar surface area (TPSA) is 89.0 Å². The van der Waals surface area contributed by atoms with Gasteiger partial charge in [-0.15, -0.1) is 11.8 Å². The molecule has 26 heavy (non-hydrogen) atoms. The van der Waals surface area contributed by atoms with Gasteiger partial charge in [-0.3, -0.25) is 10.3 Å². The van der Waals surface area contributed by atoms with Crippen LogP contribution in [0.1, 0.15) is 60.3 Å². The summed E-state index contributed by atoms with van der Waals surface area (Å²) in [6, 6.07) is 0.150. The first-order chi connectivity index (χ1) is 12.2. The Balaban J connectivity index is 2.49. The van der Waals surface area contributed by atoms with Crippen molar-refractivity contribution >= 4 is 29.0 Å². The van der Waals surface area contributed by atoms with Crippen molar-refractivity contribution in [2.75, 3.05) is 6.26 Å². The second kappa shape index (κ2) is 11.3. The Morgan fingerprint density at radius 2 is 1.50 bits per heavy atom. The number of amides is 2. The van der Waals surface area contributed by atoms with E-state index in [1.165, 1.54) is 0 Å². The van der Waals surface area contributed by atoms with E-state index in [0.717, 1.165) is 30.7 Å². The number of nitrogens with one attached hydrogen (secondary N) is 2. The zero-order valence-corrected chi connectivity index (χ0v) is 17.5. The first-order valence-corrected chi connectivity index (χ1v) is 10.5. The van der Waals surface area contributed by atoms with Crippen LogP contribution in [-0.4, -0.2) is 47.9 Å². The number of carbonyl (C=O) groups excluding carboxylic acids is 2. The lowest BCUT2D eigenvalue weighted by atomic mass is 9.86. The van der Waals surface area contributed by atoms with Crippen LogP contribution in [0, 0.1) is 5.92 Å². The molecule has 0 aliphatic heterocycles. The summed E-state index contributed by atoms with van der Waals surface area (Å²) in [4.78, 5) is 28.0. The number of nitrogens with zero attached hydrogens (tertiary/aromatic N) is 1. The van der Waals surface area contributed by atoms with Gasteiger partial charge in [-0.2, -0.15) is 0 Å². The Morgan fingerprint density at radius 1 is 0.962 bits per heavy atom. The van der Waals surface area contributed by atoms with Crippen LogP contribution in [0.25, 0.3) is 0 Å². The van der Waals surface area contributed by atoms with Crippen molar-refractivity contribution in [3.63, 3.8) is 0 Å². The first-order valence-electron chi connectivity index (χ1n) is 9.27. The second-order valence-corrected chi connectivity index (χ2v) is 7.92. The van der Waals surface area contributed by atoms with Gasteiger partial charge in [-0.25, -0.2) is 9.59 Å². The van der Waals surface area contributed by atoms with Gasteiger partial charge in [0.05, 0.1) is 17.3 Å². The van der Waals surface area contributed by atoms with Crippen LogP contribution in [0.3, 0.4) is 0 Å². The molecule has 8 heteroatoms. The molecule has 1 aliphatic carbocycles. The quantitative estimate of drug-likeness (QED) is 0.532. The second-order valence-electron chi connectivity index (χ2n) is 7.09. The summed E-state index contributed by atoms with van der Waals surface area (Å²) in [5.41, 5.74) is 0. The maximum Gasteiger partial charge on any atom is 0.409 e. The average Bonchev–Trinajstić information content (AvgIpc) is 2.51. The highest BCUT2D eigenvalue weighted by Gasteiger charge is 2.26. The predicted molar refractivity (Wildman–Crippen MR) is 106 cm³/mol. The Bertz CT molecular complexity index is 489. The van der Waals surface area contributed by atoms with E-state index in [4.69, 9.17) is 9.47 Å².